The Hall–Kier alpha value is -1.29. The Morgan fingerprint density at radius 2 is 1.14 bits per heavy atom. The average molecular weight is 637 g/mol. The van der Waals surface area contributed by atoms with Gasteiger partial charge in [-0.15, -0.1) is 0 Å². The molecule has 0 aromatic carbocycles. The predicted octanol–water partition coefficient (Wildman–Crippen LogP) is 7.33. The van der Waals surface area contributed by atoms with Crippen LogP contribution in [0.1, 0.15) is 142 Å². The zero-order chi connectivity index (χ0) is 32.0. The number of phosphoric acid groups is 1. The highest BCUT2D eigenvalue weighted by Crippen LogP contribution is 2.43. The normalized spacial score (nSPS) is 14.4. The van der Waals surface area contributed by atoms with E-state index in [1.807, 2.05) is 0 Å². The monoisotopic (exact) mass is 636 g/mol. The number of phosphoric ester groups is 1. The highest BCUT2D eigenvalue weighted by atomic mass is 31.2. The fraction of sp³-hybridized carbons (Fsp3) is 0.875. The van der Waals surface area contributed by atoms with Crippen LogP contribution in [0.4, 0.5) is 0 Å². The minimum absolute atomic E-state index is 0.177. The molecule has 0 aliphatic heterocycles. The Morgan fingerprint density at radius 1 is 0.674 bits per heavy atom. The Balaban J connectivity index is 4.39. The van der Waals surface area contributed by atoms with Gasteiger partial charge >= 0.3 is 19.8 Å². The Kier molecular flexibility index (Phi) is 28.5. The van der Waals surface area contributed by atoms with Crippen LogP contribution in [0.25, 0.3) is 0 Å². The van der Waals surface area contributed by atoms with Crippen LogP contribution in [0.2, 0.25) is 0 Å². The third-order valence-corrected chi connectivity index (χ3v) is 7.87. The molecule has 0 fully saturated rings. The molecular formula is C32H61O10P. The molecule has 10 nitrogen and oxygen atoms in total. The lowest BCUT2D eigenvalue weighted by Crippen LogP contribution is -2.29. The first kappa shape index (κ1) is 41.7. The summed E-state index contributed by atoms with van der Waals surface area (Å²) in [6, 6.07) is 0. The van der Waals surface area contributed by atoms with Gasteiger partial charge in [0.2, 0.25) is 0 Å². The van der Waals surface area contributed by atoms with Gasteiger partial charge in [0, 0.05) is 12.8 Å². The molecule has 0 radical (unpaired) electrons. The molecule has 0 saturated carbocycles. The van der Waals surface area contributed by atoms with Crippen molar-refractivity contribution < 1.29 is 47.8 Å². The van der Waals surface area contributed by atoms with Crippen LogP contribution in [-0.2, 0) is 32.7 Å². The molecule has 43 heavy (non-hydrogen) atoms. The number of unbranched alkanes of at least 4 members (excludes halogenated alkanes) is 15. The van der Waals surface area contributed by atoms with Crippen LogP contribution in [-0.4, -0.2) is 65.7 Å². The van der Waals surface area contributed by atoms with Crippen molar-refractivity contribution in [2.45, 2.75) is 154 Å². The molecule has 3 unspecified atom stereocenters. The number of aliphatic hydroxyl groups is 2. The number of rotatable bonds is 31. The van der Waals surface area contributed by atoms with Crippen molar-refractivity contribution in [1.29, 1.82) is 0 Å². The molecule has 0 saturated heterocycles. The molecule has 11 heteroatoms. The van der Waals surface area contributed by atoms with E-state index in [2.05, 4.69) is 30.5 Å². The van der Waals surface area contributed by atoms with Crippen LogP contribution in [0.3, 0.4) is 0 Å². The number of hydrogen-bond acceptors (Lipinski definition) is 9. The van der Waals surface area contributed by atoms with Crippen molar-refractivity contribution >= 4 is 19.8 Å². The van der Waals surface area contributed by atoms with E-state index in [9.17, 15) is 24.2 Å². The summed E-state index contributed by atoms with van der Waals surface area (Å²) in [5.74, 6) is -0.945. The topological polar surface area (TPSA) is 149 Å². The van der Waals surface area contributed by atoms with Crippen molar-refractivity contribution in [1.82, 2.24) is 0 Å². The predicted molar refractivity (Wildman–Crippen MR) is 168 cm³/mol. The fourth-order valence-electron chi connectivity index (χ4n) is 4.28. The van der Waals surface area contributed by atoms with Gasteiger partial charge in [-0.1, -0.05) is 103 Å². The largest absolute Gasteiger partial charge is 0.472 e. The fourth-order valence-corrected chi connectivity index (χ4v) is 5.07. The Labute approximate surface area is 260 Å². The maximum atomic E-state index is 12.4. The highest BCUT2D eigenvalue weighted by molar-refractivity contribution is 7.47. The van der Waals surface area contributed by atoms with Gasteiger partial charge in [-0.2, -0.15) is 0 Å². The third-order valence-electron chi connectivity index (χ3n) is 6.92. The van der Waals surface area contributed by atoms with Crippen LogP contribution in [0.15, 0.2) is 12.2 Å². The quantitative estimate of drug-likeness (QED) is 0.0306. The summed E-state index contributed by atoms with van der Waals surface area (Å²) in [4.78, 5) is 34.4. The van der Waals surface area contributed by atoms with Gasteiger partial charge in [0.1, 0.15) is 12.7 Å². The van der Waals surface area contributed by atoms with E-state index in [1.165, 1.54) is 38.5 Å². The van der Waals surface area contributed by atoms with Gasteiger partial charge in [0.15, 0.2) is 6.10 Å². The first-order valence-electron chi connectivity index (χ1n) is 16.6. The molecule has 0 aliphatic rings. The molecular weight excluding hydrogens is 575 g/mol. The summed E-state index contributed by atoms with van der Waals surface area (Å²) < 4.78 is 32.3. The number of hydrogen-bond donors (Lipinski definition) is 3. The van der Waals surface area contributed by atoms with Crippen LogP contribution >= 0.6 is 7.82 Å². The van der Waals surface area contributed by atoms with E-state index < -0.39 is 51.8 Å². The Bertz CT molecular complexity index is 746. The van der Waals surface area contributed by atoms with Gasteiger partial charge in [-0.05, 0) is 38.5 Å². The number of allylic oxidation sites excluding steroid dienone is 2. The minimum atomic E-state index is -4.60. The number of carbonyl (C=O) groups is 2. The van der Waals surface area contributed by atoms with Crippen molar-refractivity contribution in [3.05, 3.63) is 12.2 Å². The molecule has 0 bridgehead atoms. The molecule has 3 atom stereocenters. The van der Waals surface area contributed by atoms with Gasteiger partial charge in [0.25, 0.3) is 0 Å². The zero-order valence-electron chi connectivity index (χ0n) is 26.9. The molecule has 0 heterocycles. The van der Waals surface area contributed by atoms with Gasteiger partial charge in [0.05, 0.1) is 19.8 Å². The second-order valence-electron chi connectivity index (χ2n) is 11.2. The van der Waals surface area contributed by atoms with E-state index in [4.69, 9.17) is 19.1 Å². The molecule has 3 N–H and O–H groups in total. The van der Waals surface area contributed by atoms with E-state index in [-0.39, 0.29) is 19.4 Å². The van der Waals surface area contributed by atoms with Crippen LogP contribution in [0.5, 0.6) is 0 Å². The smallest absolute Gasteiger partial charge is 0.462 e. The number of aliphatic hydroxyl groups excluding tert-OH is 2. The van der Waals surface area contributed by atoms with Crippen molar-refractivity contribution in [3.8, 4) is 0 Å². The standard InChI is InChI=1S/C32H61O10P/c1-3-5-7-9-11-12-13-14-15-16-17-18-20-22-24-32(36)42-30(28-41-43(37,38)40-26-29(34)25-33)27-39-31(35)23-21-19-10-8-6-4-2/h13-14,29-30,33-34H,3-12,15-28H2,1-2H3,(H,37,38)/b14-13-. The summed E-state index contributed by atoms with van der Waals surface area (Å²) in [6.45, 7) is 2.26. The molecule has 0 amide bonds. The van der Waals surface area contributed by atoms with Crippen LogP contribution < -0.4 is 0 Å². The number of esters is 2. The van der Waals surface area contributed by atoms with E-state index >= 15 is 0 Å². The van der Waals surface area contributed by atoms with Crippen molar-refractivity contribution in [2.24, 2.45) is 0 Å². The minimum Gasteiger partial charge on any atom is -0.462 e. The van der Waals surface area contributed by atoms with Crippen molar-refractivity contribution in [2.75, 3.05) is 26.4 Å². The zero-order valence-corrected chi connectivity index (χ0v) is 27.8. The van der Waals surface area contributed by atoms with E-state index in [1.54, 1.807) is 0 Å². The molecule has 0 aromatic heterocycles. The third kappa shape index (κ3) is 29.2. The van der Waals surface area contributed by atoms with Gasteiger partial charge in [-0.25, -0.2) is 4.57 Å². The second kappa shape index (κ2) is 29.4. The van der Waals surface area contributed by atoms with Crippen LogP contribution in [0, 0.1) is 0 Å². The van der Waals surface area contributed by atoms with Crippen molar-refractivity contribution in [3.63, 3.8) is 0 Å². The summed E-state index contributed by atoms with van der Waals surface area (Å²) >= 11 is 0. The average Bonchev–Trinajstić information content (AvgIpc) is 2.99. The van der Waals surface area contributed by atoms with Gasteiger partial charge < -0.3 is 24.6 Å². The molecule has 0 spiro atoms. The van der Waals surface area contributed by atoms with E-state index in [0.717, 1.165) is 64.2 Å². The molecule has 0 aromatic rings. The summed E-state index contributed by atoms with van der Waals surface area (Å²) in [5, 5.41) is 18.2. The molecule has 0 aliphatic carbocycles. The SMILES string of the molecule is CCCCCCC/C=C\CCCCCCCC(=O)OC(COC(=O)CCCCCCCC)COP(=O)(O)OCC(O)CO. The maximum Gasteiger partial charge on any atom is 0.472 e. The summed E-state index contributed by atoms with van der Waals surface area (Å²) in [7, 11) is -4.60. The highest BCUT2D eigenvalue weighted by Gasteiger charge is 2.27. The number of carbonyl (C=O) groups excluding carboxylic acids is 2. The van der Waals surface area contributed by atoms with E-state index in [0.29, 0.717) is 12.8 Å². The maximum absolute atomic E-state index is 12.4. The molecule has 0 rings (SSSR count). The molecule has 254 valence electrons. The lowest BCUT2D eigenvalue weighted by molar-refractivity contribution is -0.161. The summed E-state index contributed by atoms with van der Waals surface area (Å²) in [6.07, 6.45) is 22.2. The first-order valence-corrected chi connectivity index (χ1v) is 18.1. The Morgan fingerprint density at radius 3 is 1.67 bits per heavy atom. The lowest BCUT2D eigenvalue weighted by atomic mass is 10.1. The first-order chi connectivity index (χ1) is 20.7. The number of ether oxygens (including phenoxy) is 2. The second-order valence-corrected chi connectivity index (χ2v) is 12.6. The lowest BCUT2D eigenvalue weighted by Gasteiger charge is -2.20. The van der Waals surface area contributed by atoms with Gasteiger partial charge in [-0.3, -0.25) is 18.6 Å². The summed E-state index contributed by atoms with van der Waals surface area (Å²) in [5.41, 5.74) is 0.